The Morgan fingerprint density at radius 3 is 1.96 bits per heavy atom. The number of hydrogen-bond donors (Lipinski definition) is 0. The van der Waals surface area contributed by atoms with Gasteiger partial charge in [0.2, 0.25) is 0 Å². The summed E-state index contributed by atoms with van der Waals surface area (Å²) < 4.78 is 2.34. The lowest BCUT2D eigenvalue weighted by Crippen LogP contribution is -1.94. The predicted molar refractivity (Wildman–Crippen MR) is 104 cm³/mol. The second-order valence-electron chi connectivity index (χ2n) is 6.16. The van der Waals surface area contributed by atoms with E-state index in [1.165, 1.54) is 33.1 Å². The summed E-state index contributed by atoms with van der Waals surface area (Å²) in [5, 5.41) is 2.56. The van der Waals surface area contributed by atoms with Gasteiger partial charge in [0.1, 0.15) is 0 Å². The predicted octanol–water partition coefficient (Wildman–Crippen LogP) is 5.85. The van der Waals surface area contributed by atoms with E-state index in [4.69, 9.17) is 0 Å². The quantitative estimate of drug-likeness (QED) is 0.399. The summed E-state index contributed by atoms with van der Waals surface area (Å²) in [4.78, 5) is 4.25. The SMILES string of the molecule is c1cncc(-c2cccc(-n3c4ccccc4c4ccccc43)c2)c1. The van der Waals surface area contributed by atoms with Gasteiger partial charge in [-0.2, -0.15) is 0 Å². The number of benzene rings is 3. The van der Waals surface area contributed by atoms with Crippen LogP contribution in [-0.2, 0) is 0 Å². The van der Waals surface area contributed by atoms with E-state index in [1.807, 2.05) is 12.3 Å². The van der Waals surface area contributed by atoms with E-state index in [9.17, 15) is 0 Å². The van der Waals surface area contributed by atoms with Crippen molar-refractivity contribution in [1.82, 2.24) is 9.55 Å². The topological polar surface area (TPSA) is 17.8 Å². The van der Waals surface area contributed by atoms with Crippen LogP contribution in [-0.4, -0.2) is 9.55 Å². The maximum Gasteiger partial charge on any atom is 0.0541 e. The second kappa shape index (κ2) is 5.60. The number of aromatic nitrogens is 2. The lowest BCUT2D eigenvalue weighted by atomic mass is 10.1. The molecule has 0 amide bonds. The van der Waals surface area contributed by atoms with Crippen LogP contribution in [0.3, 0.4) is 0 Å². The third-order valence-corrected chi connectivity index (χ3v) is 4.68. The maximum absolute atomic E-state index is 4.25. The molecule has 5 rings (SSSR count). The zero-order valence-corrected chi connectivity index (χ0v) is 13.6. The van der Waals surface area contributed by atoms with Crippen molar-refractivity contribution >= 4 is 21.8 Å². The summed E-state index contributed by atoms with van der Waals surface area (Å²) in [7, 11) is 0. The zero-order chi connectivity index (χ0) is 16.6. The molecule has 2 heterocycles. The van der Waals surface area contributed by atoms with Gasteiger partial charge in [0.15, 0.2) is 0 Å². The molecule has 0 atom stereocenters. The van der Waals surface area contributed by atoms with Crippen molar-refractivity contribution in [1.29, 1.82) is 0 Å². The fraction of sp³-hybridized carbons (Fsp3) is 0. The first-order valence-electron chi connectivity index (χ1n) is 8.41. The minimum absolute atomic E-state index is 1.13. The van der Waals surface area contributed by atoms with Crippen molar-refractivity contribution < 1.29 is 0 Å². The smallest absolute Gasteiger partial charge is 0.0541 e. The molecule has 0 saturated heterocycles. The van der Waals surface area contributed by atoms with Crippen LogP contribution in [0.25, 0.3) is 38.6 Å². The molecule has 0 spiro atoms. The first kappa shape index (κ1) is 14.0. The summed E-state index contributed by atoms with van der Waals surface area (Å²) >= 11 is 0. The molecule has 0 bridgehead atoms. The minimum atomic E-state index is 1.13. The highest BCUT2D eigenvalue weighted by molar-refractivity contribution is 6.09. The van der Waals surface area contributed by atoms with E-state index in [-0.39, 0.29) is 0 Å². The standard InChI is InChI=1S/C23H16N2/c1-3-12-22-20(10-1)21-11-2-4-13-23(21)25(22)19-9-5-7-17(15-19)18-8-6-14-24-16-18/h1-16H. The maximum atomic E-state index is 4.25. The number of fused-ring (bicyclic) bond motifs is 3. The lowest BCUT2D eigenvalue weighted by Gasteiger charge is -2.10. The van der Waals surface area contributed by atoms with Crippen molar-refractivity contribution in [2.45, 2.75) is 0 Å². The van der Waals surface area contributed by atoms with Crippen molar-refractivity contribution in [3.05, 3.63) is 97.3 Å². The first-order valence-corrected chi connectivity index (χ1v) is 8.41. The molecule has 3 aromatic carbocycles. The third kappa shape index (κ3) is 2.23. The fourth-order valence-electron chi connectivity index (χ4n) is 3.56. The number of para-hydroxylation sites is 2. The molecule has 0 saturated carbocycles. The van der Waals surface area contributed by atoms with Gasteiger partial charge in [-0.25, -0.2) is 0 Å². The van der Waals surface area contributed by atoms with Crippen molar-refractivity contribution in [3.63, 3.8) is 0 Å². The van der Waals surface area contributed by atoms with Gasteiger partial charge in [0.05, 0.1) is 11.0 Å². The third-order valence-electron chi connectivity index (χ3n) is 4.68. The monoisotopic (exact) mass is 320 g/mol. The summed E-state index contributed by atoms with van der Waals surface area (Å²) in [6.45, 7) is 0. The van der Waals surface area contributed by atoms with Crippen LogP contribution < -0.4 is 0 Å². The lowest BCUT2D eigenvalue weighted by molar-refractivity contribution is 1.18. The summed E-state index contributed by atoms with van der Waals surface area (Å²) in [6.07, 6.45) is 3.71. The van der Waals surface area contributed by atoms with Gasteiger partial charge in [0.25, 0.3) is 0 Å². The van der Waals surface area contributed by atoms with Gasteiger partial charge in [0, 0.05) is 34.4 Å². The Labute approximate surface area is 146 Å². The number of pyridine rings is 1. The van der Waals surface area contributed by atoms with Crippen LogP contribution in [0, 0.1) is 0 Å². The van der Waals surface area contributed by atoms with Gasteiger partial charge in [-0.05, 0) is 35.9 Å². The molecule has 0 fully saturated rings. The molecule has 2 aromatic heterocycles. The van der Waals surface area contributed by atoms with E-state index >= 15 is 0 Å². The van der Waals surface area contributed by atoms with E-state index in [0.717, 1.165) is 5.56 Å². The Hall–Kier alpha value is -3.39. The Morgan fingerprint density at radius 1 is 0.600 bits per heavy atom. The van der Waals surface area contributed by atoms with Gasteiger partial charge < -0.3 is 4.57 Å². The molecule has 118 valence electrons. The Balaban J connectivity index is 1.81. The average molecular weight is 320 g/mol. The Kier molecular flexibility index (Phi) is 3.14. The molecular formula is C23H16N2. The largest absolute Gasteiger partial charge is 0.309 e. The molecule has 0 N–H and O–H groups in total. The molecule has 2 heteroatoms. The van der Waals surface area contributed by atoms with Crippen LogP contribution >= 0.6 is 0 Å². The van der Waals surface area contributed by atoms with Gasteiger partial charge in [-0.3, -0.25) is 4.98 Å². The van der Waals surface area contributed by atoms with Gasteiger partial charge in [-0.15, -0.1) is 0 Å². The fourth-order valence-corrected chi connectivity index (χ4v) is 3.56. The van der Waals surface area contributed by atoms with E-state index in [0.29, 0.717) is 0 Å². The first-order chi connectivity index (χ1) is 12.4. The van der Waals surface area contributed by atoms with E-state index in [1.54, 1.807) is 6.20 Å². The van der Waals surface area contributed by atoms with Crippen LogP contribution in [0.2, 0.25) is 0 Å². The van der Waals surface area contributed by atoms with Crippen LogP contribution in [0.5, 0.6) is 0 Å². The molecule has 0 aliphatic heterocycles. The molecule has 0 radical (unpaired) electrons. The minimum Gasteiger partial charge on any atom is -0.309 e. The average Bonchev–Trinajstić information content (AvgIpc) is 3.03. The van der Waals surface area contributed by atoms with Crippen LogP contribution in [0.1, 0.15) is 0 Å². The number of rotatable bonds is 2. The number of hydrogen-bond acceptors (Lipinski definition) is 1. The highest BCUT2D eigenvalue weighted by Gasteiger charge is 2.11. The van der Waals surface area contributed by atoms with Crippen molar-refractivity contribution in [2.24, 2.45) is 0 Å². The van der Waals surface area contributed by atoms with Crippen molar-refractivity contribution in [2.75, 3.05) is 0 Å². The molecule has 2 nitrogen and oxygen atoms in total. The molecule has 5 aromatic rings. The molecular weight excluding hydrogens is 304 g/mol. The normalized spacial score (nSPS) is 11.2. The molecule has 0 unspecified atom stereocenters. The summed E-state index contributed by atoms with van der Waals surface area (Å²) in [6, 6.07) is 29.9. The van der Waals surface area contributed by atoms with Crippen molar-refractivity contribution in [3.8, 4) is 16.8 Å². The van der Waals surface area contributed by atoms with Crippen LogP contribution in [0.4, 0.5) is 0 Å². The van der Waals surface area contributed by atoms with Crippen LogP contribution in [0.15, 0.2) is 97.3 Å². The molecule has 0 aliphatic carbocycles. The van der Waals surface area contributed by atoms with Gasteiger partial charge >= 0.3 is 0 Å². The van der Waals surface area contributed by atoms with E-state index < -0.39 is 0 Å². The summed E-state index contributed by atoms with van der Waals surface area (Å²) in [5.74, 6) is 0. The second-order valence-corrected chi connectivity index (χ2v) is 6.16. The molecule has 0 aliphatic rings. The Bertz CT molecular complexity index is 1130. The van der Waals surface area contributed by atoms with E-state index in [2.05, 4.69) is 88.4 Å². The molecule has 25 heavy (non-hydrogen) atoms. The highest BCUT2D eigenvalue weighted by atomic mass is 15.0. The number of nitrogens with zero attached hydrogens (tertiary/aromatic N) is 2. The highest BCUT2D eigenvalue weighted by Crippen LogP contribution is 2.32. The Morgan fingerprint density at radius 2 is 1.28 bits per heavy atom. The summed E-state index contributed by atoms with van der Waals surface area (Å²) in [5.41, 5.74) is 5.93. The zero-order valence-electron chi connectivity index (χ0n) is 13.6. The van der Waals surface area contributed by atoms with Gasteiger partial charge in [-0.1, -0.05) is 54.6 Å².